The van der Waals surface area contributed by atoms with Crippen LogP contribution in [0.2, 0.25) is 10.0 Å². The Morgan fingerprint density at radius 3 is 2.47 bits per heavy atom. The highest BCUT2D eigenvalue weighted by molar-refractivity contribution is 6.35. The van der Waals surface area contributed by atoms with Crippen molar-refractivity contribution in [3.8, 4) is 0 Å². The Balaban J connectivity index is 2.50. The third-order valence-corrected chi connectivity index (χ3v) is 3.13. The maximum absolute atomic E-state index is 10.4. The average Bonchev–Trinajstić information content (AvgIpc) is 2.23. The van der Waals surface area contributed by atoms with Gasteiger partial charge in [0.2, 0.25) is 0 Å². The van der Waals surface area contributed by atoms with Crippen LogP contribution in [0, 0.1) is 0 Å². The lowest BCUT2D eigenvalue weighted by molar-refractivity contribution is -0.137. The molecule has 0 saturated carbocycles. The van der Waals surface area contributed by atoms with Gasteiger partial charge in [0.1, 0.15) is 0 Å². The summed E-state index contributed by atoms with van der Waals surface area (Å²) in [5.41, 5.74) is 0.883. The van der Waals surface area contributed by atoms with E-state index < -0.39 is 5.97 Å². The quantitative estimate of drug-likeness (QED) is 0.866. The van der Waals surface area contributed by atoms with Crippen LogP contribution in [-0.2, 0) is 11.3 Å². The Kier molecular flexibility index (Phi) is 5.75. The van der Waals surface area contributed by atoms with Crippen molar-refractivity contribution in [2.75, 3.05) is 13.6 Å². The van der Waals surface area contributed by atoms with Crippen molar-refractivity contribution >= 4 is 29.2 Å². The van der Waals surface area contributed by atoms with Crippen LogP contribution in [0.3, 0.4) is 0 Å². The van der Waals surface area contributed by atoms with Gasteiger partial charge in [0.05, 0.1) is 0 Å². The SMILES string of the molecule is CN(CCCC(=O)O)Cc1c(Cl)cccc1Cl. The number of halogens is 2. The zero-order valence-electron chi connectivity index (χ0n) is 9.62. The summed E-state index contributed by atoms with van der Waals surface area (Å²) < 4.78 is 0. The minimum atomic E-state index is -0.769. The number of aliphatic carboxylic acids is 1. The molecule has 0 aliphatic heterocycles. The van der Waals surface area contributed by atoms with Crippen LogP contribution in [0.4, 0.5) is 0 Å². The molecule has 5 heteroatoms. The van der Waals surface area contributed by atoms with E-state index >= 15 is 0 Å². The third kappa shape index (κ3) is 4.94. The Morgan fingerprint density at radius 1 is 1.35 bits per heavy atom. The van der Waals surface area contributed by atoms with Crippen molar-refractivity contribution in [3.05, 3.63) is 33.8 Å². The molecule has 0 aliphatic carbocycles. The zero-order valence-corrected chi connectivity index (χ0v) is 11.1. The van der Waals surface area contributed by atoms with Crippen LogP contribution in [-0.4, -0.2) is 29.6 Å². The topological polar surface area (TPSA) is 40.5 Å². The number of carboxylic acids is 1. The van der Waals surface area contributed by atoms with Gasteiger partial charge in [-0.3, -0.25) is 4.79 Å². The van der Waals surface area contributed by atoms with Crippen molar-refractivity contribution < 1.29 is 9.90 Å². The molecule has 0 aliphatic rings. The maximum atomic E-state index is 10.4. The Labute approximate surface area is 111 Å². The van der Waals surface area contributed by atoms with E-state index in [1.807, 2.05) is 11.9 Å². The van der Waals surface area contributed by atoms with E-state index in [-0.39, 0.29) is 6.42 Å². The molecular weight excluding hydrogens is 261 g/mol. The average molecular weight is 276 g/mol. The van der Waals surface area contributed by atoms with Gasteiger partial charge in [-0.2, -0.15) is 0 Å². The van der Waals surface area contributed by atoms with E-state index in [4.69, 9.17) is 28.3 Å². The second-order valence-electron chi connectivity index (χ2n) is 3.94. The number of benzene rings is 1. The molecule has 0 bridgehead atoms. The predicted molar refractivity (Wildman–Crippen MR) is 69.7 cm³/mol. The first-order valence-corrected chi connectivity index (χ1v) is 6.09. The largest absolute Gasteiger partial charge is 0.481 e. The summed E-state index contributed by atoms with van der Waals surface area (Å²) in [4.78, 5) is 12.4. The Hall–Kier alpha value is -0.770. The second-order valence-corrected chi connectivity index (χ2v) is 4.75. The number of nitrogens with zero attached hydrogens (tertiary/aromatic N) is 1. The maximum Gasteiger partial charge on any atom is 0.303 e. The molecule has 0 unspecified atom stereocenters. The van der Waals surface area contributed by atoms with Crippen molar-refractivity contribution in [3.63, 3.8) is 0 Å². The molecule has 0 atom stereocenters. The van der Waals surface area contributed by atoms with Crippen molar-refractivity contribution in [1.82, 2.24) is 4.90 Å². The highest BCUT2D eigenvalue weighted by atomic mass is 35.5. The summed E-state index contributed by atoms with van der Waals surface area (Å²) in [5.74, 6) is -0.769. The first kappa shape index (κ1) is 14.3. The minimum Gasteiger partial charge on any atom is -0.481 e. The van der Waals surface area contributed by atoms with Gasteiger partial charge < -0.3 is 10.0 Å². The molecule has 0 aromatic heterocycles. The first-order valence-electron chi connectivity index (χ1n) is 5.34. The molecule has 0 heterocycles. The van der Waals surface area contributed by atoms with Gasteiger partial charge >= 0.3 is 5.97 Å². The number of carboxylic acid groups (broad SMARTS) is 1. The van der Waals surface area contributed by atoms with Gasteiger partial charge in [0, 0.05) is 28.6 Å². The fourth-order valence-corrected chi connectivity index (χ4v) is 2.05. The van der Waals surface area contributed by atoms with E-state index in [2.05, 4.69) is 0 Å². The monoisotopic (exact) mass is 275 g/mol. The first-order chi connectivity index (χ1) is 8.00. The lowest BCUT2D eigenvalue weighted by Gasteiger charge is -2.17. The summed E-state index contributed by atoms with van der Waals surface area (Å²) in [7, 11) is 1.92. The molecule has 1 N–H and O–H groups in total. The molecule has 1 aromatic carbocycles. The fraction of sp³-hybridized carbons (Fsp3) is 0.417. The molecule has 0 fully saturated rings. The summed E-state index contributed by atoms with van der Waals surface area (Å²) >= 11 is 12.1. The van der Waals surface area contributed by atoms with Crippen LogP contribution in [0.15, 0.2) is 18.2 Å². The fourth-order valence-electron chi connectivity index (χ4n) is 1.53. The van der Waals surface area contributed by atoms with Crippen molar-refractivity contribution in [1.29, 1.82) is 0 Å². The van der Waals surface area contributed by atoms with E-state index in [0.29, 0.717) is 29.6 Å². The lowest BCUT2D eigenvalue weighted by Crippen LogP contribution is -2.20. The number of hydrogen-bond acceptors (Lipinski definition) is 2. The normalized spacial score (nSPS) is 10.8. The van der Waals surface area contributed by atoms with Crippen LogP contribution < -0.4 is 0 Å². The summed E-state index contributed by atoms with van der Waals surface area (Å²) in [6.45, 7) is 1.33. The van der Waals surface area contributed by atoms with Gasteiger partial charge in [0.25, 0.3) is 0 Å². The summed E-state index contributed by atoms with van der Waals surface area (Å²) in [5, 5.41) is 9.83. The molecule has 0 spiro atoms. The van der Waals surface area contributed by atoms with Gasteiger partial charge in [-0.1, -0.05) is 29.3 Å². The van der Waals surface area contributed by atoms with E-state index in [1.165, 1.54) is 0 Å². The van der Waals surface area contributed by atoms with Crippen molar-refractivity contribution in [2.24, 2.45) is 0 Å². The third-order valence-electron chi connectivity index (χ3n) is 2.42. The number of rotatable bonds is 6. The van der Waals surface area contributed by atoms with Crippen LogP contribution in [0.5, 0.6) is 0 Å². The molecule has 0 saturated heterocycles. The molecule has 1 rings (SSSR count). The summed E-state index contributed by atoms with van der Waals surface area (Å²) in [6, 6.07) is 5.40. The predicted octanol–water partition coefficient (Wildman–Crippen LogP) is 3.29. The van der Waals surface area contributed by atoms with Gasteiger partial charge in [-0.15, -0.1) is 0 Å². The second kappa shape index (κ2) is 6.84. The molecule has 1 aromatic rings. The highest BCUT2D eigenvalue weighted by Gasteiger charge is 2.08. The van der Waals surface area contributed by atoms with Gasteiger partial charge in [-0.05, 0) is 32.1 Å². The zero-order chi connectivity index (χ0) is 12.8. The Bertz CT molecular complexity index is 376. The molecule has 0 amide bonds. The molecule has 17 heavy (non-hydrogen) atoms. The number of hydrogen-bond donors (Lipinski definition) is 1. The molecule has 94 valence electrons. The van der Waals surface area contributed by atoms with E-state index in [0.717, 1.165) is 5.56 Å². The van der Waals surface area contributed by atoms with E-state index in [9.17, 15) is 4.79 Å². The minimum absolute atomic E-state index is 0.181. The summed E-state index contributed by atoms with van der Waals surface area (Å²) in [6.07, 6.45) is 0.800. The van der Waals surface area contributed by atoms with Crippen LogP contribution in [0.1, 0.15) is 18.4 Å². The van der Waals surface area contributed by atoms with Gasteiger partial charge in [-0.25, -0.2) is 0 Å². The van der Waals surface area contributed by atoms with Crippen molar-refractivity contribution in [2.45, 2.75) is 19.4 Å². The van der Waals surface area contributed by atoms with E-state index in [1.54, 1.807) is 18.2 Å². The van der Waals surface area contributed by atoms with Gasteiger partial charge in [0.15, 0.2) is 0 Å². The molecule has 0 radical (unpaired) electrons. The smallest absolute Gasteiger partial charge is 0.303 e. The molecule has 3 nitrogen and oxygen atoms in total. The standard InChI is InChI=1S/C12H15Cl2NO2/c1-15(7-3-6-12(16)17)8-9-10(13)4-2-5-11(9)14/h2,4-5H,3,6-8H2,1H3,(H,16,17). The molecular formula is C12H15Cl2NO2. The Morgan fingerprint density at radius 2 is 1.94 bits per heavy atom. The van der Waals surface area contributed by atoms with Crippen LogP contribution in [0.25, 0.3) is 0 Å². The number of carbonyl (C=O) groups is 1. The lowest BCUT2D eigenvalue weighted by atomic mass is 10.2. The highest BCUT2D eigenvalue weighted by Crippen LogP contribution is 2.25. The van der Waals surface area contributed by atoms with Crippen LogP contribution >= 0.6 is 23.2 Å².